The van der Waals surface area contributed by atoms with Gasteiger partial charge in [0.15, 0.2) is 0 Å². The molecule has 0 bridgehead atoms. The molecule has 0 aliphatic carbocycles. The molecule has 1 heterocycles. The van der Waals surface area contributed by atoms with E-state index in [9.17, 15) is 14.7 Å². The van der Waals surface area contributed by atoms with E-state index in [0.717, 1.165) is 28.8 Å². The van der Waals surface area contributed by atoms with Gasteiger partial charge >= 0.3 is 0 Å². The lowest BCUT2D eigenvalue weighted by Crippen LogP contribution is -2.29. The van der Waals surface area contributed by atoms with Crippen LogP contribution < -0.4 is 9.80 Å². The largest absolute Gasteiger partial charge is 0.507 e. The third-order valence-corrected chi connectivity index (χ3v) is 6.78. The van der Waals surface area contributed by atoms with Crippen molar-refractivity contribution in [3.63, 3.8) is 0 Å². The smallest absolute Gasteiger partial charge is 0.300 e. The highest BCUT2D eigenvalue weighted by molar-refractivity contribution is 9.10. The normalized spacial score (nSPS) is 17.3. The van der Waals surface area contributed by atoms with Gasteiger partial charge in [-0.15, -0.1) is 0 Å². The summed E-state index contributed by atoms with van der Waals surface area (Å²) in [5, 5.41) is 11.7. The number of aliphatic hydroxyl groups is 1. The monoisotopic (exact) mass is 538 g/mol. The summed E-state index contributed by atoms with van der Waals surface area (Å²) in [5.41, 5.74) is 2.81. The summed E-state index contributed by atoms with van der Waals surface area (Å²) < 4.78 is 0.842. The van der Waals surface area contributed by atoms with E-state index < -0.39 is 17.7 Å². The molecule has 1 N–H and O–H groups in total. The fourth-order valence-electron chi connectivity index (χ4n) is 4.24. The van der Waals surface area contributed by atoms with Gasteiger partial charge in [0.2, 0.25) is 0 Å². The molecule has 5 nitrogen and oxygen atoms in total. The van der Waals surface area contributed by atoms with Crippen LogP contribution in [0.25, 0.3) is 5.76 Å². The van der Waals surface area contributed by atoms with E-state index in [0.29, 0.717) is 16.3 Å². The molecule has 1 amide bonds. The number of nitrogens with zero attached hydrogens (tertiary/aromatic N) is 2. The van der Waals surface area contributed by atoms with Crippen LogP contribution in [0.15, 0.2) is 82.8 Å². The van der Waals surface area contributed by atoms with Crippen molar-refractivity contribution in [2.24, 2.45) is 0 Å². The number of Topliss-reactive ketones (excluding diaryl/α,β-unsaturated/α-hetero) is 1. The van der Waals surface area contributed by atoms with Crippen molar-refractivity contribution in [2.45, 2.75) is 19.9 Å². The highest BCUT2D eigenvalue weighted by atomic mass is 79.9. The van der Waals surface area contributed by atoms with Crippen molar-refractivity contribution in [1.82, 2.24) is 0 Å². The molecule has 3 aromatic carbocycles. The fourth-order valence-corrected chi connectivity index (χ4v) is 4.63. The molecule has 1 fully saturated rings. The molecule has 0 saturated carbocycles. The number of ketones is 1. The van der Waals surface area contributed by atoms with Crippen LogP contribution in [-0.4, -0.2) is 29.9 Å². The zero-order valence-corrected chi connectivity index (χ0v) is 21.2. The number of halogens is 2. The van der Waals surface area contributed by atoms with Gasteiger partial charge in [-0.25, -0.2) is 0 Å². The molecular weight excluding hydrogens is 516 g/mol. The van der Waals surface area contributed by atoms with Crippen molar-refractivity contribution in [2.75, 3.05) is 22.9 Å². The van der Waals surface area contributed by atoms with Crippen LogP contribution in [-0.2, 0) is 9.59 Å². The van der Waals surface area contributed by atoms with E-state index >= 15 is 0 Å². The van der Waals surface area contributed by atoms with E-state index in [1.807, 2.05) is 24.3 Å². The predicted octanol–water partition coefficient (Wildman–Crippen LogP) is 6.58. The van der Waals surface area contributed by atoms with Gasteiger partial charge in [-0.05, 0) is 67.9 Å². The number of anilines is 2. The SMILES string of the molecule is CCN(CC)c1ccc(C2/C(=C(/O)c3ccc(Br)cc3)C(=O)C(=O)N2c2ccc(Cl)cc2)cc1. The van der Waals surface area contributed by atoms with Gasteiger partial charge in [-0.3, -0.25) is 14.5 Å². The van der Waals surface area contributed by atoms with Crippen molar-refractivity contribution in [3.05, 3.63) is 99.0 Å². The Morgan fingerprint density at radius 3 is 2.09 bits per heavy atom. The van der Waals surface area contributed by atoms with Crippen LogP contribution in [0.2, 0.25) is 5.02 Å². The molecule has 0 spiro atoms. The first-order chi connectivity index (χ1) is 16.3. The van der Waals surface area contributed by atoms with Gasteiger partial charge in [-0.1, -0.05) is 51.8 Å². The third kappa shape index (κ3) is 4.48. The number of aliphatic hydroxyl groups excluding tert-OH is 1. The van der Waals surface area contributed by atoms with E-state index in [1.165, 1.54) is 4.90 Å². The quantitative estimate of drug-likeness (QED) is 0.218. The average molecular weight is 540 g/mol. The Balaban J connectivity index is 1.88. The highest BCUT2D eigenvalue weighted by Gasteiger charge is 2.46. The summed E-state index contributed by atoms with van der Waals surface area (Å²) in [6.45, 7) is 5.90. The maximum absolute atomic E-state index is 13.2. The lowest BCUT2D eigenvalue weighted by Gasteiger charge is -2.27. The van der Waals surface area contributed by atoms with Gasteiger partial charge in [0, 0.05) is 39.5 Å². The first kappa shape index (κ1) is 24.0. The van der Waals surface area contributed by atoms with Crippen LogP contribution in [0.1, 0.15) is 31.0 Å². The minimum absolute atomic E-state index is 0.0536. The van der Waals surface area contributed by atoms with Gasteiger partial charge in [0.1, 0.15) is 5.76 Å². The second-order valence-corrected chi connectivity index (χ2v) is 9.27. The summed E-state index contributed by atoms with van der Waals surface area (Å²) in [6.07, 6.45) is 0. The number of hydrogen-bond acceptors (Lipinski definition) is 4. The lowest BCUT2D eigenvalue weighted by atomic mass is 9.95. The molecule has 1 saturated heterocycles. The number of carbonyl (C=O) groups is 2. The molecule has 3 aromatic rings. The first-order valence-corrected chi connectivity index (χ1v) is 12.2. The van der Waals surface area contributed by atoms with Crippen molar-refractivity contribution >= 4 is 56.4 Å². The van der Waals surface area contributed by atoms with Crippen molar-refractivity contribution < 1.29 is 14.7 Å². The molecule has 7 heteroatoms. The minimum atomic E-state index is -0.782. The Labute approximate surface area is 212 Å². The van der Waals surface area contributed by atoms with E-state index in [-0.39, 0.29) is 11.3 Å². The Morgan fingerprint density at radius 2 is 1.53 bits per heavy atom. The highest BCUT2D eigenvalue weighted by Crippen LogP contribution is 2.42. The number of amides is 1. The summed E-state index contributed by atoms with van der Waals surface area (Å²) in [5.74, 6) is -1.63. The predicted molar refractivity (Wildman–Crippen MR) is 140 cm³/mol. The summed E-state index contributed by atoms with van der Waals surface area (Å²) in [6, 6.07) is 20.7. The Hall–Kier alpha value is -3.09. The summed E-state index contributed by atoms with van der Waals surface area (Å²) >= 11 is 9.44. The number of hydrogen-bond donors (Lipinski definition) is 1. The van der Waals surface area contributed by atoms with E-state index in [2.05, 4.69) is 34.7 Å². The molecule has 4 rings (SSSR count). The molecule has 1 unspecified atom stereocenters. The molecule has 174 valence electrons. The molecule has 0 radical (unpaired) electrons. The van der Waals surface area contributed by atoms with Crippen LogP contribution in [0.3, 0.4) is 0 Å². The maximum atomic E-state index is 13.2. The third-order valence-electron chi connectivity index (χ3n) is 6.00. The fraction of sp³-hybridized carbons (Fsp3) is 0.185. The summed E-state index contributed by atoms with van der Waals surface area (Å²) in [4.78, 5) is 30.1. The summed E-state index contributed by atoms with van der Waals surface area (Å²) in [7, 11) is 0. The Morgan fingerprint density at radius 1 is 0.941 bits per heavy atom. The molecule has 1 aliphatic rings. The standard InChI is InChI=1S/C27H24BrClN2O3/c1-3-30(4-2)21-13-7-17(8-14-21)24-23(25(32)18-5-9-19(28)10-6-18)26(33)27(34)31(24)22-15-11-20(29)12-16-22/h5-16,24,32H,3-4H2,1-2H3/b25-23-. The van der Waals surface area contributed by atoms with Crippen LogP contribution in [0, 0.1) is 0 Å². The number of rotatable bonds is 6. The number of benzene rings is 3. The van der Waals surface area contributed by atoms with Gasteiger partial charge < -0.3 is 10.0 Å². The van der Waals surface area contributed by atoms with Crippen molar-refractivity contribution in [1.29, 1.82) is 0 Å². The molecule has 0 aromatic heterocycles. The second-order valence-electron chi connectivity index (χ2n) is 7.92. The molecule has 1 aliphatic heterocycles. The topological polar surface area (TPSA) is 60.9 Å². The van der Waals surface area contributed by atoms with Gasteiger partial charge in [0.25, 0.3) is 11.7 Å². The van der Waals surface area contributed by atoms with Crippen LogP contribution in [0.5, 0.6) is 0 Å². The van der Waals surface area contributed by atoms with Gasteiger partial charge in [0.05, 0.1) is 11.6 Å². The first-order valence-electron chi connectivity index (χ1n) is 11.0. The van der Waals surface area contributed by atoms with E-state index in [4.69, 9.17) is 11.6 Å². The number of carbonyl (C=O) groups excluding carboxylic acids is 2. The average Bonchev–Trinajstić information content (AvgIpc) is 3.11. The minimum Gasteiger partial charge on any atom is -0.507 e. The van der Waals surface area contributed by atoms with Crippen LogP contribution >= 0.6 is 27.5 Å². The zero-order valence-electron chi connectivity index (χ0n) is 18.8. The maximum Gasteiger partial charge on any atom is 0.300 e. The molecule has 1 atom stereocenters. The molecule has 34 heavy (non-hydrogen) atoms. The Bertz CT molecular complexity index is 1230. The Kier molecular flexibility index (Phi) is 7.10. The van der Waals surface area contributed by atoms with Crippen LogP contribution in [0.4, 0.5) is 11.4 Å². The van der Waals surface area contributed by atoms with Crippen molar-refractivity contribution in [3.8, 4) is 0 Å². The lowest BCUT2D eigenvalue weighted by molar-refractivity contribution is -0.132. The van der Waals surface area contributed by atoms with E-state index in [1.54, 1.807) is 48.5 Å². The zero-order chi connectivity index (χ0) is 24.4. The van der Waals surface area contributed by atoms with Gasteiger partial charge in [-0.2, -0.15) is 0 Å². The molecular formula is C27H24BrClN2O3. The second kappa shape index (κ2) is 10.0.